The van der Waals surface area contributed by atoms with E-state index in [1.165, 1.54) is 12.1 Å². The van der Waals surface area contributed by atoms with Crippen LogP contribution in [0.25, 0.3) is 0 Å². The van der Waals surface area contributed by atoms with Gasteiger partial charge in [-0.1, -0.05) is 0 Å². The second kappa shape index (κ2) is 8.37. The molecule has 3 rings (SSSR count). The van der Waals surface area contributed by atoms with Crippen LogP contribution in [0.15, 0.2) is 53.4 Å². The van der Waals surface area contributed by atoms with E-state index in [-0.39, 0.29) is 17.0 Å². The van der Waals surface area contributed by atoms with Gasteiger partial charge in [0.15, 0.2) is 0 Å². The van der Waals surface area contributed by atoms with E-state index in [1.54, 1.807) is 29.2 Å². The number of halogens is 1. The van der Waals surface area contributed by atoms with Gasteiger partial charge in [0.1, 0.15) is 5.82 Å². The van der Waals surface area contributed by atoms with E-state index in [4.69, 9.17) is 5.26 Å². The minimum absolute atomic E-state index is 0.00916. The quantitative estimate of drug-likeness (QED) is 0.821. The van der Waals surface area contributed by atoms with Crippen molar-refractivity contribution in [2.45, 2.75) is 23.8 Å². The number of hydrogen-bond acceptors (Lipinski definition) is 4. The molecule has 1 aliphatic heterocycles. The van der Waals surface area contributed by atoms with Crippen molar-refractivity contribution >= 4 is 21.7 Å². The zero-order valence-corrected chi connectivity index (χ0v) is 15.7. The van der Waals surface area contributed by atoms with Crippen LogP contribution < -0.4 is 10.0 Å². The Kier molecular flexibility index (Phi) is 5.92. The summed E-state index contributed by atoms with van der Waals surface area (Å²) in [6.07, 6.45) is 0.947. The van der Waals surface area contributed by atoms with Crippen LogP contribution in [0, 0.1) is 17.1 Å². The number of carbonyl (C=O) groups excluding carboxylic acids is 1. The highest BCUT2D eigenvalue weighted by molar-refractivity contribution is 7.89. The van der Waals surface area contributed by atoms with Crippen LogP contribution in [0.3, 0.4) is 0 Å². The molecule has 1 heterocycles. The van der Waals surface area contributed by atoms with Crippen molar-refractivity contribution in [2.24, 2.45) is 0 Å². The number of anilines is 1. The summed E-state index contributed by atoms with van der Waals surface area (Å²) in [4.78, 5) is 14.0. The van der Waals surface area contributed by atoms with Gasteiger partial charge in [0, 0.05) is 24.8 Å². The molecule has 0 saturated carbocycles. The van der Waals surface area contributed by atoms with Crippen LogP contribution in [0.2, 0.25) is 0 Å². The summed E-state index contributed by atoms with van der Waals surface area (Å²) in [7, 11) is -3.73. The van der Waals surface area contributed by atoms with Crippen LogP contribution in [0.5, 0.6) is 0 Å². The van der Waals surface area contributed by atoms with Crippen LogP contribution >= 0.6 is 0 Å². The lowest BCUT2D eigenvalue weighted by atomic mass is 10.1. The summed E-state index contributed by atoms with van der Waals surface area (Å²) in [6.45, 7) is 0.803. The lowest BCUT2D eigenvalue weighted by molar-refractivity contribution is 0.193. The molecule has 2 N–H and O–H groups in total. The minimum atomic E-state index is -3.73. The highest BCUT2D eigenvalue weighted by atomic mass is 32.2. The van der Waals surface area contributed by atoms with Crippen molar-refractivity contribution in [3.05, 3.63) is 59.9 Å². The Hall–Kier alpha value is -2.96. The third kappa shape index (κ3) is 4.85. The first-order chi connectivity index (χ1) is 13.4. The Morgan fingerprint density at radius 1 is 1.07 bits per heavy atom. The Bertz CT molecular complexity index is 977. The molecule has 0 bridgehead atoms. The fourth-order valence-electron chi connectivity index (χ4n) is 2.93. The Labute approximate surface area is 162 Å². The molecule has 7 nitrogen and oxygen atoms in total. The van der Waals surface area contributed by atoms with Gasteiger partial charge in [0.05, 0.1) is 16.5 Å². The van der Waals surface area contributed by atoms with Crippen LogP contribution in [0.4, 0.5) is 14.9 Å². The molecular formula is C19H19FN4O3S. The van der Waals surface area contributed by atoms with Crippen LogP contribution in [0.1, 0.15) is 18.4 Å². The Balaban J connectivity index is 1.53. The molecular weight excluding hydrogens is 383 g/mol. The number of rotatable bonds is 4. The largest absolute Gasteiger partial charge is 0.324 e. The zero-order valence-electron chi connectivity index (χ0n) is 14.9. The van der Waals surface area contributed by atoms with E-state index in [1.807, 2.05) is 6.07 Å². The van der Waals surface area contributed by atoms with Gasteiger partial charge in [-0.3, -0.25) is 0 Å². The lowest BCUT2D eigenvalue weighted by Crippen LogP contribution is -2.47. The summed E-state index contributed by atoms with van der Waals surface area (Å²) in [6, 6.07) is 12.6. The van der Waals surface area contributed by atoms with Crippen molar-refractivity contribution in [3.8, 4) is 6.07 Å². The van der Waals surface area contributed by atoms with Crippen molar-refractivity contribution in [1.29, 1.82) is 5.26 Å². The summed E-state index contributed by atoms with van der Waals surface area (Å²) >= 11 is 0. The lowest BCUT2D eigenvalue weighted by Gasteiger charge is -2.32. The average molecular weight is 402 g/mol. The average Bonchev–Trinajstić information content (AvgIpc) is 2.69. The van der Waals surface area contributed by atoms with Gasteiger partial charge in [-0.05, 0) is 61.4 Å². The second-order valence-corrected chi connectivity index (χ2v) is 8.17. The second-order valence-electron chi connectivity index (χ2n) is 6.46. The fraction of sp³-hybridized carbons (Fsp3) is 0.263. The van der Waals surface area contributed by atoms with Gasteiger partial charge in [-0.2, -0.15) is 5.26 Å². The number of nitriles is 1. The van der Waals surface area contributed by atoms with Crippen molar-refractivity contribution < 1.29 is 17.6 Å². The topological polar surface area (TPSA) is 102 Å². The number of piperidine rings is 1. The van der Waals surface area contributed by atoms with Crippen molar-refractivity contribution in [3.63, 3.8) is 0 Å². The number of benzene rings is 2. The molecule has 146 valence electrons. The maximum atomic E-state index is 13.0. The van der Waals surface area contributed by atoms with E-state index in [9.17, 15) is 17.6 Å². The van der Waals surface area contributed by atoms with Gasteiger partial charge < -0.3 is 10.2 Å². The highest BCUT2D eigenvalue weighted by Crippen LogP contribution is 2.17. The monoisotopic (exact) mass is 402 g/mol. The number of sulfonamides is 1. The normalized spacial score (nSPS) is 15.1. The smallest absolute Gasteiger partial charge is 0.321 e. The number of nitrogens with one attached hydrogen (secondary N) is 2. The SMILES string of the molecule is N#Cc1ccc(NC(=O)N2CCC(NS(=O)(=O)c3ccc(F)cc3)CC2)cc1. The summed E-state index contributed by atoms with van der Waals surface area (Å²) < 4.78 is 40.3. The van der Waals surface area contributed by atoms with Gasteiger partial charge in [-0.25, -0.2) is 22.3 Å². The third-order valence-electron chi connectivity index (χ3n) is 4.49. The molecule has 0 aromatic heterocycles. The Morgan fingerprint density at radius 3 is 2.25 bits per heavy atom. The molecule has 0 atom stereocenters. The zero-order chi connectivity index (χ0) is 20.1. The first-order valence-corrected chi connectivity index (χ1v) is 10.2. The van der Waals surface area contributed by atoms with E-state index in [0.717, 1.165) is 12.1 Å². The number of urea groups is 1. The molecule has 1 aliphatic rings. The molecule has 0 unspecified atom stereocenters. The first-order valence-electron chi connectivity index (χ1n) is 8.71. The number of likely N-dealkylation sites (tertiary alicyclic amines) is 1. The van der Waals surface area contributed by atoms with Gasteiger partial charge in [-0.15, -0.1) is 0 Å². The molecule has 0 spiro atoms. The maximum absolute atomic E-state index is 13.0. The van der Waals surface area contributed by atoms with E-state index >= 15 is 0 Å². The summed E-state index contributed by atoms with van der Waals surface area (Å²) in [5, 5.41) is 11.6. The number of amides is 2. The molecule has 1 fully saturated rings. The standard InChI is InChI=1S/C19H19FN4O3S/c20-15-3-7-18(8-4-15)28(26,27)23-17-9-11-24(12-10-17)19(25)22-16-5-1-14(13-21)2-6-16/h1-8,17,23H,9-12H2,(H,22,25). The number of carbonyl (C=O) groups is 1. The molecule has 1 saturated heterocycles. The van der Waals surface area contributed by atoms with Gasteiger partial charge in [0.2, 0.25) is 10.0 Å². The highest BCUT2D eigenvalue weighted by Gasteiger charge is 2.26. The van der Waals surface area contributed by atoms with Gasteiger partial charge >= 0.3 is 6.03 Å². The predicted molar refractivity (Wildman–Crippen MR) is 101 cm³/mol. The molecule has 2 aromatic carbocycles. The van der Waals surface area contributed by atoms with Gasteiger partial charge in [0.25, 0.3) is 0 Å². The molecule has 0 aliphatic carbocycles. The minimum Gasteiger partial charge on any atom is -0.324 e. The molecule has 0 radical (unpaired) electrons. The van der Waals surface area contributed by atoms with E-state index < -0.39 is 15.8 Å². The van der Waals surface area contributed by atoms with Crippen LogP contribution in [-0.2, 0) is 10.0 Å². The summed E-state index contributed by atoms with van der Waals surface area (Å²) in [5.74, 6) is -0.500. The molecule has 9 heteroatoms. The third-order valence-corrected chi connectivity index (χ3v) is 6.03. The fourth-order valence-corrected chi connectivity index (χ4v) is 4.24. The predicted octanol–water partition coefficient (Wildman–Crippen LogP) is 2.67. The Morgan fingerprint density at radius 2 is 1.68 bits per heavy atom. The first kappa shape index (κ1) is 19.8. The van der Waals surface area contributed by atoms with Crippen molar-refractivity contribution in [2.75, 3.05) is 18.4 Å². The van der Waals surface area contributed by atoms with E-state index in [2.05, 4.69) is 10.0 Å². The van der Waals surface area contributed by atoms with E-state index in [0.29, 0.717) is 37.2 Å². The molecule has 28 heavy (non-hydrogen) atoms. The number of nitrogens with zero attached hydrogens (tertiary/aromatic N) is 2. The molecule has 2 aromatic rings. The number of hydrogen-bond donors (Lipinski definition) is 2. The molecule has 2 amide bonds. The summed E-state index contributed by atoms with van der Waals surface area (Å²) in [5.41, 5.74) is 1.09. The maximum Gasteiger partial charge on any atom is 0.321 e. The van der Waals surface area contributed by atoms with Crippen LogP contribution in [-0.4, -0.2) is 38.5 Å². The van der Waals surface area contributed by atoms with Crippen molar-refractivity contribution in [1.82, 2.24) is 9.62 Å².